The van der Waals surface area contributed by atoms with Crippen molar-refractivity contribution in [2.24, 2.45) is 0 Å². The summed E-state index contributed by atoms with van der Waals surface area (Å²) < 4.78 is 89.5. The number of unbranched alkanes of at least 4 members (excludes halogenated alkanes) is 3. The van der Waals surface area contributed by atoms with Crippen LogP contribution >= 0.6 is 0 Å². The van der Waals surface area contributed by atoms with Gasteiger partial charge in [-0.15, -0.1) is 0 Å². The maximum atomic E-state index is 6.77. The fourth-order valence-electron chi connectivity index (χ4n) is 5.71. The average Bonchev–Trinajstić information content (AvgIpc) is 3.37. The molecule has 0 N–H and O–H groups in total. The lowest BCUT2D eigenvalue weighted by Crippen LogP contribution is -2.39. The zero-order valence-electron chi connectivity index (χ0n) is 45.5. The molecule has 428 valence electrons. The van der Waals surface area contributed by atoms with Gasteiger partial charge in [-0.05, 0) is 53.9 Å². The Morgan fingerprint density at radius 1 is 0.225 bits per heavy atom. The van der Waals surface area contributed by atoms with Crippen molar-refractivity contribution in [1.82, 2.24) is 0 Å². The molecule has 0 saturated carbocycles. The van der Waals surface area contributed by atoms with Crippen molar-refractivity contribution in [3.05, 3.63) is 0 Å². The molecule has 21 heteroatoms. The van der Waals surface area contributed by atoms with Gasteiger partial charge in [-0.25, -0.2) is 29.3 Å². The third-order valence-electron chi connectivity index (χ3n) is 9.55. The predicted octanol–water partition coefficient (Wildman–Crippen LogP) is 5.79. The molecule has 0 aliphatic rings. The lowest BCUT2D eigenvalue weighted by Gasteiger charge is -2.27. The van der Waals surface area contributed by atoms with E-state index in [0.29, 0.717) is 132 Å². The van der Waals surface area contributed by atoms with Gasteiger partial charge in [0.25, 0.3) is 0 Å². The Labute approximate surface area is 428 Å². The van der Waals surface area contributed by atoms with Crippen molar-refractivity contribution >= 4 is 0 Å². The predicted molar refractivity (Wildman–Crippen MR) is 265 cm³/mol. The molecule has 0 rings (SSSR count). The summed E-state index contributed by atoms with van der Waals surface area (Å²) in [5.74, 6) is 0. The summed E-state index contributed by atoms with van der Waals surface area (Å²) in [6.45, 7) is 26.6. The normalized spacial score (nSPS) is 14.5. The van der Waals surface area contributed by atoms with E-state index in [1.54, 1.807) is 0 Å². The monoisotopic (exact) mass is 1040 g/mol. The van der Waals surface area contributed by atoms with Crippen LogP contribution in [0.2, 0.25) is 0 Å². The summed E-state index contributed by atoms with van der Waals surface area (Å²) in [6.07, 6.45) is 2.48. The second kappa shape index (κ2) is 58.4. The van der Waals surface area contributed by atoms with E-state index in [1.165, 1.54) is 0 Å². The van der Waals surface area contributed by atoms with Gasteiger partial charge in [-0.2, -0.15) is 0 Å². The summed E-state index contributed by atoms with van der Waals surface area (Å²) >= 11 is 0. The molecule has 0 aliphatic heterocycles. The van der Waals surface area contributed by atoms with Crippen molar-refractivity contribution in [3.63, 3.8) is 0 Å². The van der Waals surface area contributed by atoms with E-state index < -0.39 is 24.4 Å². The Morgan fingerprint density at radius 3 is 0.873 bits per heavy atom. The summed E-state index contributed by atoms with van der Waals surface area (Å²) in [5.41, 5.74) is 0. The highest BCUT2D eigenvalue weighted by molar-refractivity contribution is 4.68. The van der Waals surface area contributed by atoms with Gasteiger partial charge >= 0.3 is 0 Å². The van der Waals surface area contributed by atoms with Crippen molar-refractivity contribution in [1.29, 1.82) is 0 Å². The summed E-state index contributed by atoms with van der Waals surface area (Å²) in [4.78, 5) is 32.9. The first-order valence-corrected chi connectivity index (χ1v) is 26.6. The summed E-state index contributed by atoms with van der Waals surface area (Å²) in [7, 11) is 0. The molecule has 5 atom stereocenters. The highest BCUT2D eigenvalue weighted by atomic mass is 17.2. The van der Waals surface area contributed by atoms with Crippen LogP contribution in [-0.2, 0) is 100 Å². The van der Waals surface area contributed by atoms with Gasteiger partial charge in [0.05, 0.1) is 152 Å². The number of ether oxygens (including phenoxy) is 15. The first-order chi connectivity index (χ1) is 35.0. The molecule has 0 spiro atoms. The first-order valence-electron chi connectivity index (χ1n) is 26.6. The van der Waals surface area contributed by atoms with Crippen LogP contribution in [0.15, 0.2) is 0 Å². The van der Waals surface area contributed by atoms with Crippen molar-refractivity contribution < 1.29 is 100 Å². The van der Waals surface area contributed by atoms with Crippen molar-refractivity contribution in [3.8, 4) is 0 Å². The maximum absolute atomic E-state index is 6.77. The zero-order chi connectivity index (χ0) is 51.8. The van der Waals surface area contributed by atoms with E-state index in [-0.39, 0.29) is 78.3 Å². The van der Waals surface area contributed by atoms with Crippen LogP contribution < -0.4 is 0 Å². The van der Waals surface area contributed by atoms with Gasteiger partial charge in [0.15, 0.2) is 0 Å². The topological polar surface area (TPSA) is 194 Å². The largest absolute Gasteiger partial charge is 0.379 e. The van der Waals surface area contributed by atoms with Gasteiger partial charge in [-0.3, -0.25) is 0 Å². The Kier molecular flexibility index (Phi) is 57.7. The Balaban J connectivity index is 6.41. The van der Waals surface area contributed by atoms with E-state index in [4.69, 9.17) is 100 Å². The highest BCUT2D eigenvalue weighted by Crippen LogP contribution is 2.10. The molecule has 0 amide bonds. The van der Waals surface area contributed by atoms with E-state index in [1.807, 2.05) is 34.6 Å². The lowest BCUT2D eigenvalue weighted by molar-refractivity contribution is -0.371. The standard InChI is InChI=1S/C50H102O21/c1-9-17-20-65-68-43-47(64-32-29-55-16-8)37-60-40-49(41-61-42-50(71-67-22-19-11-3)44-69-66-21-18-10-2)70-48(38-58-35-45(62-30-27-53-14-6)33-56-25-23-51-12-4)39-59-36-46(63-31-28-54-15-7)34-57-26-24-52-13-5/h45-50H,9-44H2,1-8H3. The molecule has 21 nitrogen and oxygen atoms in total. The van der Waals surface area contributed by atoms with Gasteiger partial charge in [0.1, 0.15) is 49.8 Å². The molecule has 0 aromatic carbocycles. The SMILES string of the molecule is CCCCOOCC(COCC(COCC(COOCCCC)OOCCCC)OC(COCC(COCCOCC)OCCOCC)COCC(COCCOCC)OCCOCC)OCCOCC. The molecule has 71 heavy (non-hydrogen) atoms. The molecule has 0 saturated heterocycles. The average molecular weight is 1040 g/mol. The van der Waals surface area contributed by atoms with Gasteiger partial charge in [0, 0.05) is 33.0 Å². The molecular formula is C50H102O21. The molecule has 5 unspecified atom stereocenters. The minimum atomic E-state index is -0.623. The van der Waals surface area contributed by atoms with E-state index in [0.717, 1.165) is 38.5 Å². The first kappa shape index (κ1) is 70.2. The molecule has 0 heterocycles. The van der Waals surface area contributed by atoms with Gasteiger partial charge < -0.3 is 71.1 Å². The van der Waals surface area contributed by atoms with Crippen molar-refractivity contribution in [2.75, 3.05) is 198 Å². The third kappa shape index (κ3) is 49.8. The summed E-state index contributed by atoms with van der Waals surface area (Å²) in [6, 6.07) is 0. The quantitative estimate of drug-likeness (QED) is 0.0403. The second-order valence-corrected chi connectivity index (χ2v) is 16.0. The zero-order valence-corrected chi connectivity index (χ0v) is 45.5. The van der Waals surface area contributed by atoms with Gasteiger partial charge in [0.2, 0.25) is 0 Å². The van der Waals surface area contributed by atoms with Gasteiger partial charge in [-0.1, -0.05) is 40.0 Å². The lowest BCUT2D eigenvalue weighted by atomic mass is 10.3. The minimum absolute atomic E-state index is 0.0928. The Bertz CT molecular complexity index is 851. The number of rotatable bonds is 62. The third-order valence-corrected chi connectivity index (χ3v) is 9.55. The summed E-state index contributed by atoms with van der Waals surface area (Å²) in [5, 5.41) is 0. The molecule has 0 aromatic heterocycles. The van der Waals surface area contributed by atoms with Crippen LogP contribution in [0.5, 0.6) is 0 Å². The van der Waals surface area contributed by atoms with E-state index >= 15 is 0 Å². The fraction of sp³-hybridized carbons (Fsp3) is 1.00. The van der Waals surface area contributed by atoms with Crippen LogP contribution in [0.25, 0.3) is 0 Å². The van der Waals surface area contributed by atoms with Crippen LogP contribution in [0.1, 0.15) is 93.9 Å². The molecule has 0 aromatic rings. The molecule has 0 fully saturated rings. The second-order valence-electron chi connectivity index (χ2n) is 16.0. The highest BCUT2D eigenvalue weighted by Gasteiger charge is 2.24. The van der Waals surface area contributed by atoms with Crippen LogP contribution in [0.4, 0.5) is 0 Å². The fourth-order valence-corrected chi connectivity index (χ4v) is 5.71. The smallest absolute Gasteiger partial charge is 0.143 e. The number of hydrogen-bond donors (Lipinski definition) is 0. The Morgan fingerprint density at radius 2 is 0.507 bits per heavy atom. The Hall–Kier alpha value is -0.840. The molecule has 0 radical (unpaired) electrons. The minimum Gasteiger partial charge on any atom is -0.379 e. The molecule has 0 aliphatic carbocycles. The van der Waals surface area contributed by atoms with Crippen molar-refractivity contribution in [2.45, 2.75) is 131 Å². The van der Waals surface area contributed by atoms with Crippen LogP contribution in [0.3, 0.4) is 0 Å². The molecular weight excluding hydrogens is 937 g/mol. The van der Waals surface area contributed by atoms with E-state index in [9.17, 15) is 0 Å². The van der Waals surface area contributed by atoms with Crippen LogP contribution in [-0.4, -0.2) is 235 Å². The molecule has 0 bridgehead atoms. The van der Waals surface area contributed by atoms with Crippen LogP contribution in [0, 0.1) is 0 Å². The maximum Gasteiger partial charge on any atom is 0.143 e. The number of hydrogen-bond acceptors (Lipinski definition) is 21. The van der Waals surface area contributed by atoms with E-state index in [2.05, 4.69) is 20.8 Å².